The van der Waals surface area contributed by atoms with Crippen LogP contribution in [0.15, 0.2) is 11.9 Å². The molecule has 3 N–H and O–H groups in total. The van der Waals surface area contributed by atoms with Gasteiger partial charge in [-0.1, -0.05) is 0 Å². The highest BCUT2D eigenvalue weighted by Gasteiger charge is 2.14. The fraction of sp³-hybridized carbons (Fsp3) is 0.769. The van der Waals surface area contributed by atoms with Crippen LogP contribution in [-0.2, 0) is 0 Å². The Morgan fingerprint density at radius 1 is 1.18 bits per heavy atom. The molecular formula is C13H24N4. The number of hydrogen-bond donors (Lipinski definition) is 3. The third-order valence-corrected chi connectivity index (χ3v) is 3.68. The zero-order valence-electron chi connectivity index (χ0n) is 10.5. The van der Waals surface area contributed by atoms with E-state index in [4.69, 9.17) is 5.41 Å². The van der Waals surface area contributed by atoms with E-state index in [-0.39, 0.29) is 0 Å². The highest BCUT2D eigenvalue weighted by Crippen LogP contribution is 2.13. The van der Waals surface area contributed by atoms with Gasteiger partial charge >= 0.3 is 0 Å². The Labute approximate surface area is 104 Å². The predicted molar refractivity (Wildman–Crippen MR) is 71.3 cm³/mol. The molecule has 0 aromatic heterocycles. The second kappa shape index (κ2) is 6.64. The molecule has 17 heavy (non-hydrogen) atoms. The second-order valence-corrected chi connectivity index (χ2v) is 4.95. The van der Waals surface area contributed by atoms with Gasteiger partial charge in [-0.25, -0.2) is 0 Å². The second-order valence-electron chi connectivity index (χ2n) is 4.95. The lowest BCUT2D eigenvalue weighted by molar-refractivity contribution is 0.295. The summed E-state index contributed by atoms with van der Waals surface area (Å²) in [6, 6.07) is 0.580. The van der Waals surface area contributed by atoms with E-state index < -0.39 is 0 Å². The summed E-state index contributed by atoms with van der Waals surface area (Å²) in [7, 11) is 0. The van der Waals surface area contributed by atoms with E-state index in [1.807, 2.05) is 6.20 Å². The summed E-state index contributed by atoms with van der Waals surface area (Å²) in [5.74, 6) is 0. The molecule has 2 heterocycles. The molecule has 4 nitrogen and oxygen atoms in total. The van der Waals surface area contributed by atoms with Crippen molar-refractivity contribution in [3.05, 3.63) is 11.9 Å². The van der Waals surface area contributed by atoms with E-state index in [1.54, 1.807) is 0 Å². The van der Waals surface area contributed by atoms with Crippen LogP contribution in [0.25, 0.3) is 0 Å². The van der Waals surface area contributed by atoms with Gasteiger partial charge in [0.05, 0.1) is 5.70 Å². The van der Waals surface area contributed by atoms with Gasteiger partial charge in [0.2, 0.25) is 0 Å². The summed E-state index contributed by atoms with van der Waals surface area (Å²) in [6.07, 6.45) is 9.76. The quantitative estimate of drug-likeness (QED) is 0.645. The summed E-state index contributed by atoms with van der Waals surface area (Å²) >= 11 is 0. The first-order valence-electron chi connectivity index (χ1n) is 6.82. The van der Waals surface area contributed by atoms with E-state index >= 15 is 0 Å². The number of allylic oxidation sites excluding steroid dienone is 1. The summed E-state index contributed by atoms with van der Waals surface area (Å²) in [5.41, 5.74) is 1.04. The Kier molecular flexibility index (Phi) is 4.86. The standard InChI is InChI=1S/C13H24N4/c14-10-13(17-8-2-1-3-9-17)11-16-12-4-6-15-7-5-12/h10-12,14-16H,1-9H2/b13-11+,14-10?. The molecule has 0 aromatic carbocycles. The molecule has 0 unspecified atom stereocenters. The molecule has 2 aliphatic rings. The van der Waals surface area contributed by atoms with Crippen molar-refractivity contribution in [1.82, 2.24) is 15.5 Å². The topological polar surface area (TPSA) is 51.2 Å². The van der Waals surface area contributed by atoms with Gasteiger partial charge < -0.3 is 20.9 Å². The minimum Gasteiger partial charge on any atom is -0.386 e. The molecular weight excluding hydrogens is 212 g/mol. The van der Waals surface area contributed by atoms with E-state index in [0.717, 1.165) is 31.9 Å². The van der Waals surface area contributed by atoms with Crippen molar-refractivity contribution in [3.8, 4) is 0 Å². The van der Waals surface area contributed by atoms with Gasteiger partial charge in [-0.2, -0.15) is 0 Å². The zero-order chi connectivity index (χ0) is 11.9. The monoisotopic (exact) mass is 236 g/mol. The third kappa shape index (κ3) is 3.73. The number of nitrogens with one attached hydrogen (secondary N) is 3. The molecule has 0 radical (unpaired) electrons. The molecule has 96 valence electrons. The maximum Gasteiger partial charge on any atom is 0.0704 e. The molecule has 2 fully saturated rings. The SMILES string of the molecule is N=C/C(=C\NC1CCNCC1)N1CCCCC1. The van der Waals surface area contributed by atoms with E-state index in [1.165, 1.54) is 38.3 Å². The summed E-state index contributed by atoms with van der Waals surface area (Å²) in [4.78, 5) is 2.32. The minimum absolute atomic E-state index is 0.580. The Balaban J connectivity index is 1.85. The maximum atomic E-state index is 7.53. The van der Waals surface area contributed by atoms with Crippen LogP contribution in [0.3, 0.4) is 0 Å². The van der Waals surface area contributed by atoms with Gasteiger partial charge in [0.1, 0.15) is 0 Å². The van der Waals surface area contributed by atoms with Crippen molar-refractivity contribution in [2.75, 3.05) is 26.2 Å². The number of rotatable bonds is 4. The highest BCUT2D eigenvalue weighted by molar-refractivity contribution is 5.74. The number of likely N-dealkylation sites (tertiary alicyclic amines) is 1. The first-order chi connectivity index (χ1) is 8.40. The Bertz CT molecular complexity index is 263. The molecule has 0 saturated carbocycles. The zero-order valence-corrected chi connectivity index (χ0v) is 10.5. The Morgan fingerprint density at radius 2 is 1.88 bits per heavy atom. The van der Waals surface area contributed by atoms with Crippen LogP contribution in [0.2, 0.25) is 0 Å². The molecule has 4 heteroatoms. The van der Waals surface area contributed by atoms with Crippen molar-refractivity contribution in [1.29, 1.82) is 5.41 Å². The van der Waals surface area contributed by atoms with Crippen LogP contribution in [0, 0.1) is 5.41 Å². The number of nitrogens with zero attached hydrogens (tertiary/aromatic N) is 1. The molecule has 0 aromatic rings. The summed E-state index contributed by atoms with van der Waals surface area (Å²) in [6.45, 7) is 4.43. The predicted octanol–water partition coefficient (Wildman–Crippen LogP) is 1.30. The normalized spacial score (nSPS) is 23.5. The van der Waals surface area contributed by atoms with E-state index in [0.29, 0.717) is 6.04 Å². The van der Waals surface area contributed by atoms with Gasteiger partial charge in [-0.15, -0.1) is 0 Å². The highest BCUT2D eigenvalue weighted by atomic mass is 15.1. The summed E-state index contributed by atoms with van der Waals surface area (Å²) < 4.78 is 0. The van der Waals surface area contributed by atoms with Crippen molar-refractivity contribution in [2.24, 2.45) is 0 Å². The molecule has 0 atom stereocenters. The first kappa shape index (κ1) is 12.4. The lowest BCUT2D eigenvalue weighted by Crippen LogP contribution is -2.39. The molecule has 0 aliphatic carbocycles. The van der Waals surface area contributed by atoms with Crippen LogP contribution in [-0.4, -0.2) is 43.3 Å². The van der Waals surface area contributed by atoms with Gasteiger partial charge in [-0.05, 0) is 45.2 Å². The molecule has 2 aliphatic heterocycles. The van der Waals surface area contributed by atoms with Crippen LogP contribution in [0.1, 0.15) is 32.1 Å². The van der Waals surface area contributed by atoms with Crippen molar-refractivity contribution < 1.29 is 0 Å². The van der Waals surface area contributed by atoms with Crippen LogP contribution >= 0.6 is 0 Å². The largest absolute Gasteiger partial charge is 0.386 e. The lowest BCUT2D eigenvalue weighted by atomic mass is 10.1. The number of piperidine rings is 2. The first-order valence-corrected chi connectivity index (χ1v) is 6.82. The molecule has 0 spiro atoms. The van der Waals surface area contributed by atoms with Crippen LogP contribution < -0.4 is 10.6 Å². The van der Waals surface area contributed by atoms with Gasteiger partial charge in [0.25, 0.3) is 0 Å². The smallest absolute Gasteiger partial charge is 0.0704 e. The van der Waals surface area contributed by atoms with E-state index in [2.05, 4.69) is 15.5 Å². The summed E-state index contributed by atoms with van der Waals surface area (Å²) in [5, 5.41) is 14.4. The lowest BCUT2D eigenvalue weighted by Gasteiger charge is -2.30. The van der Waals surface area contributed by atoms with Crippen LogP contribution in [0.4, 0.5) is 0 Å². The fourth-order valence-electron chi connectivity index (χ4n) is 2.57. The molecule has 0 amide bonds. The van der Waals surface area contributed by atoms with Gasteiger partial charge in [0.15, 0.2) is 0 Å². The van der Waals surface area contributed by atoms with Gasteiger partial charge in [-0.3, -0.25) is 0 Å². The molecule has 2 rings (SSSR count). The van der Waals surface area contributed by atoms with Gasteiger partial charge in [0, 0.05) is 31.5 Å². The number of hydrogen-bond acceptors (Lipinski definition) is 4. The minimum atomic E-state index is 0.580. The van der Waals surface area contributed by atoms with Crippen molar-refractivity contribution >= 4 is 6.21 Å². The third-order valence-electron chi connectivity index (χ3n) is 3.68. The molecule has 2 saturated heterocycles. The average molecular weight is 236 g/mol. The van der Waals surface area contributed by atoms with Crippen LogP contribution in [0.5, 0.6) is 0 Å². The van der Waals surface area contributed by atoms with Crippen molar-refractivity contribution in [2.45, 2.75) is 38.1 Å². The average Bonchev–Trinajstić information content (AvgIpc) is 2.42. The Hall–Kier alpha value is -1.03. The van der Waals surface area contributed by atoms with E-state index in [9.17, 15) is 0 Å². The maximum absolute atomic E-state index is 7.53. The molecule has 0 bridgehead atoms. The van der Waals surface area contributed by atoms with Crippen molar-refractivity contribution in [3.63, 3.8) is 0 Å². The Morgan fingerprint density at radius 3 is 2.53 bits per heavy atom. The fourth-order valence-corrected chi connectivity index (χ4v) is 2.57.